The van der Waals surface area contributed by atoms with Gasteiger partial charge in [0.15, 0.2) is 0 Å². The summed E-state index contributed by atoms with van der Waals surface area (Å²) in [6, 6.07) is 13.5. The predicted molar refractivity (Wildman–Crippen MR) is 94.9 cm³/mol. The van der Waals surface area contributed by atoms with Crippen LogP contribution in [0, 0.1) is 0 Å². The number of carbonyl (C=O) groups excluding carboxylic acids is 2. The minimum atomic E-state index is -3.97. The Balaban J connectivity index is 1.63. The zero-order valence-corrected chi connectivity index (χ0v) is 14.7. The highest BCUT2D eigenvalue weighted by atomic mass is 32.2. The Hall–Kier alpha value is -2.71. The van der Waals surface area contributed by atoms with Crippen LogP contribution in [0.25, 0.3) is 0 Å². The van der Waals surface area contributed by atoms with E-state index >= 15 is 0 Å². The second-order valence-corrected chi connectivity index (χ2v) is 8.06. The highest BCUT2D eigenvalue weighted by Crippen LogP contribution is 2.28. The van der Waals surface area contributed by atoms with Crippen LogP contribution >= 0.6 is 0 Å². The number of hydrogen-bond acceptors (Lipinski definition) is 4. The van der Waals surface area contributed by atoms with Crippen molar-refractivity contribution in [2.75, 3.05) is 18.0 Å². The number of sulfonamides is 1. The van der Waals surface area contributed by atoms with Gasteiger partial charge in [0.2, 0.25) is 5.91 Å². The normalized spacial score (nSPS) is 18.6. The van der Waals surface area contributed by atoms with E-state index in [0.717, 1.165) is 28.5 Å². The molecule has 0 bridgehead atoms. The van der Waals surface area contributed by atoms with E-state index in [0.29, 0.717) is 6.54 Å². The summed E-state index contributed by atoms with van der Waals surface area (Å²) in [7, 11) is -3.97. The van der Waals surface area contributed by atoms with Gasteiger partial charge in [0.1, 0.15) is 6.54 Å². The van der Waals surface area contributed by atoms with Crippen molar-refractivity contribution in [3.63, 3.8) is 0 Å². The second-order valence-electron chi connectivity index (χ2n) is 6.23. The molecule has 7 nitrogen and oxygen atoms in total. The van der Waals surface area contributed by atoms with E-state index in [2.05, 4.69) is 5.43 Å². The second kappa shape index (κ2) is 6.22. The van der Waals surface area contributed by atoms with Crippen LogP contribution in [0.5, 0.6) is 0 Å². The molecule has 2 aliphatic rings. The lowest BCUT2D eigenvalue weighted by Gasteiger charge is -2.33. The maximum absolute atomic E-state index is 12.8. The Bertz CT molecular complexity index is 1000. The van der Waals surface area contributed by atoms with Gasteiger partial charge in [0, 0.05) is 12.2 Å². The van der Waals surface area contributed by atoms with E-state index in [1.54, 1.807) is 17.0 Å². The van der Waals surface area contributed by atoms with Crippen molar-refractivity contribution in [2.45, 2.75) is 17.7 Å². The number of carbonyl (C=O) groups is 2. The highest BCUT2D eigenvalue weighted by Gasteiger charge is 2.38. The Morgan fingerprint density at radius 3 is 2.65 bits per heavy atom. The monoisotopic (exact) mass is 371 g/mol. The maximum Gasteiger partial charge on any atom is 0.267 e. The van der Waals surface area contributed by atoms with E-state index in [1.807, 2.05) is 24.3 Å². The Kier molecular flexibility index (Phi) is 4.01. The zero-order chi connectivity index (χ0) is 18.3. The van der Waals surface area contributed by atoms with Crippen LogP contribution in [0.2, 0.25) is 0 Å². The Morgan fingerprint density at radius 2 is 1.81 bits per heavy atom. The quantitative estimate of drug-likeness (QED) is 0.862. The number of para-hydroxylation sites is 1. The molecule has 0 radical (unpaired) electrons. The number of fused-ring (bicyclic) bond motifs is 2. The third-order valence-electron chi connectivity index (χ3n) is 4.62. The average Bonchev–Trinajstić information content (AvgIpc) is 2.66. The summed E-state index contributed by atoms with van der Waals surface area (Å²) in [5.41, 5.74) is 4.25. The maximum atomic E-state index is 12.8. The Morgan fingerprint density at radius 1 is 1.08 bits per heavy atom. The molecule has 0 aliphatic carbocycles. The molecule has 134 valence electrons. The van der Waals surface area contributed by atoms with Gasteiger partial charge in [-0.1, -0.05) is 30.3 Å². The molecule has 0 fully saturated rings. The summed E-state index contributed by atoms with van der Waals surface area (Å²) < 4.78 is 26.2. The molecule has 26 heavy (non-hydrogen) atoms. The summed E-state index contributed by atoms with van der Waals surface area (Å²) in [6.45, 7) is 0.0744. The molecule has 2 heterocycles. The number of nitrogens with one attached hydrogen (secondary N) is 1. The van der Waals surface area contributed by atoms with Crippen LogP contribution in [0.15, 0.2) is 53.4 Å². The van der Waals surface area contributed by atoms with Crippen LogP contribution in [0.4, 0.5) is 5.69 Å². The number of anilines is 1. The van der Waals surface area contributed by atoms with E-state index < -0.39 is 22.5 Å². The van der Waals surface area contributed by atoms with Crippen molar-refractivity contribution < 1.29 is 18.0 Å². The summed E-state index contributed by atoms with van der Waals surface area (Å²) >= 11 is 0. The van der Waals surface area contributed by atoms with Crippen LogP contribution in [0.1, 0.15) is 22.3 Å². The van der Waals surface area contributed by atoms with Crippen LogP contribution in [-0.4, -0.2) is 37.7 Å². The van der Waals surface area contributed by atoms with Crippen molar-refractivity contribution in [1.29, 1.82) is 0 Å². The van der Waals surface area contributed by atoms with E-state index in [-0.39, 0.29) is 16.4 Å². The molecule has 4 rings (SSSR count). The van der Waals surface area contributed by atoms with E-state index in [9.17, 15) is 18.0 Å². The third kappa shape index (κ3) is 2.67. The molecule has 0 saturated carbocycles. The van der Waals surface area contributed by atoms with Gasteiger partial charge in [-0.05, 0) is 36.6 Å². The van der Waals surface area contributed by atoms with Gasteiger partial charge in [-0.3, -0.25) is 15.0 Å². The first-order chi connectivity index (χ1) is 12.5. The molecule has 0 spiro atoms. The largest absolute Gasteiger partial charge is 0.311 e. The molecule has 0 aromatic heterocycles. The van der Waals surface area contributed by atoms with Gasteiger partial charge in [-0.15, -0.1) is 4.41 Å². The number of benzene rings is 2. The first kappa shape index (κ1) is 16.7. The van der Waals surface area contributed by atoms with Crippen molar-refractivity contribution in [3.05, 3.63) is 59.7 Å². The Labute approximate surface area is 151 Å². The molecule has 0 saturated heterocycles. The molecule has 0 atom stereocenters. The van der Waals surface area contributed by atoms with Gasteiger partial charge in [-0.2, -0.15) is 0 Å². The number of hydrazine groups is 1. The lowest BCUT2D eigenvalue weighted by atomic mass is 10.0. The number of hydrogen-bond donors (Lipinski definition) is 1. The summed E-state index contributed by atoms with van der Waals surface area (Å²) in [5, 5.41) is 0. The molecule has 1 N–H and O–H groups in total. The molecule has 2 aliphatic heterocycles. The smallest absolute Gasteiger partial charge is 0.267 e. The van der Waals surface area contributed by atoms with Crippen LogP contribution in [-0.2, 0) is 21.2 Å². The van der Waals surface area contributed by atoms with Crippen molar-refractivity contribution in [1.82, 2.24) is 9.84 Å². The molecule has 0 unspecified atom stereocenters. The lowest BCUT2D eigenvalue weighted by molar-refractivity contribution is -0.119. The van der Waals surface area contributed by atoms with Gasteiger partial charge in [0.25, 0.3) is 15.9 Å². The summed E-state index contributed by atoms with van der Waals surface area (Å²) in [4.78, 5) is 26.5. The fraction of sp³-hybridized carbons (Fsp3) is 0.222. The number of rotatable bonds is 2. The van der Waals surface area contributed by atoms with E-state index in [4.69, 9.17) is 0 Å². The van der Waals surface area contributed by atoms with Gasteiger partial charge >= 0.3 is 0 Å². The fourth-order valence-corrected chi connectivity index (χ4v) is 4.77. The topological polar surface area (TPSA) is 86.8 Å². The van der Waals surface area contributed by atoms with Crippen molar-refractivity contribution >= 4 is 27.5 Å². The predicted octanol–water partition coefficient (Wildman–Crippen LogP) is 1.32. The SMILES string of the molecule is O=C1NN(CC(=O)N2CCCc3ccccc32)S(=O)(=O)c2ccccc21. The number of nitrogens with zero attached hydrogens (tertiary/aromatic N) is 2. The third-order valence-corrected chi connectivity index (χ3v) is 6.33. The van der Waals surface area contributed by atoms with Gasteiger partial charge in [-0.25, -0.2) is 8.42 Å². The van der Waals surface area contributed by atoms with Crippen LogP contribution < -0.4 is 10.3 Å². The molecular formula is C18H17N3O4S. The lowest BCUT2D eigenvalue weighted by Crippen LogP contribution is -2.54. The number of aryl methyl sites for hydroxylation is 1. The highest BCUT2D eigenvalue weighted by molar-refractivity contribution is 7.89. The average molecular weight is 371 g/mol. The summed E-state index contributed by atoms with van der Waals surface area (Å²) in [6.07, 6.45) is 1.69. The first-order valence-corrected chi connectivity index (χ1v) is 9.73. The molecular weight excluding hydrogens is 354 g/mol. The van der Waals surface area contributed by atoms with E-state index in [1.165, 1.54) is 12.1 Å². The van der Waals surface area contributed by atoms with Gasteiger partial charge < -0.3 is 4.90 Å². The van der Waals surface area contributed by atoms with Crippen molar-refractivity contribution in [3.8, 4) is 0 Å². The minimum Gasteiger partial charge on any atom is -0.311 e. The van der Waals surface area contributed by atoms with Crippen molar-refractivity contribution in [2.24, 2.45) is 0 Å². The first-order valence-electron chi connectivity index (χ1n) is 8.29. The molecule has 2 amide bonds. The molecule has 8 heteroatoms. The minimum absolute atomic E-state index is 0.0829. The number of amides is 2. The standard InChI is InChI=1S/C18H17N3O4S/c22-17(20-11-5-7-13-6-1-3-9-15(13)20)12-21-19-18(23)14-8-2-4-10-16(14)26(21,24)25/h1-4,6,8-10H,5,7,11-12H2,(H,19,23). The van der Waals surface area contributed by atoms with Gasteiger partial charge in [0.05, 0.1) is 10.5 Å². The van der Waals surface area contributed by atoms with Crippen LogP contribution in [0.3, 0.4) is 0 Å². The summed E-state index contributed by atoms with van der Waals surface area (Å²) in [5.74, 6) is -0.914. The molecule has 2 aromatic rings. The zero-order valence-electron chi connectivity index (χ0n) is 13.9. The molecule has 2 aromatic carbocycles. The fourth-order valence-electron chi connectivity index (χ4n) is 3.36.